The quantitative estimate of drug-likeness (QED) is 0.920. The first-order valence-electron chi connectivity index (χ1n) is 6.66. The van der Waals surface area contributed by atoms with Gasteiger partial charge in [-0.3, -0.25) is 4.90 Å². The average Bonchev–Trinajstić information content (AvgIpc) is 2.92. The van der Waals surface area contributed by atoms with Crippen LogP contribution >= 0.6 is 11.6 Å². The topological polar surface area (TPSA) is 54.2 Å². The molecule has 0 saturated carbocycles. The van der Waals surface area contributed by atoms with Crippen LogP contribution in [0.5, 0.6) is 0 Å². The zero-order valence-electron chi connectivity index (χ0n) is 11.6. The minimum Gasteiger partial charge on any atom is -0.334 e. The van der Waals surface area contributed by atoms with E-state index in [1.54, 1.807) is 0 Å². The molecule has 1 aromatic heterocycles. The molecule has 1 aromatic carbocycles. The summed E-state index contributed by atoms with van der Waals surface area (Å²) in [5, 5.41) is 8.16. The van der Waals surface area contributed by atoms with Gasteiger partial charge in [-0.2, -0.15) is 4.98 Å². The molecule has 0 bridgehead atoms. The Bertz CT molecular complexity index is 613. The van der Waals surface area contributed by atoms with Gasteiger partial charge in [-0.15, -0.1) is 0 Å². The van der Waals surface area contributed by atoms with Crippen molar-refractivity contribution in [1.82, 2.24) is 20.4 Å². The van der Waals surface area contributed by atoms with Crippen molar-refractivity contribution >= 4 is 11.6 Å². The minimum absolute atomic E-state index is 0.155. The molecule has 0 aliphatic carbocycles. The number of benzene rings is 1. The van der Waals surface area contributed by atoms with Crippen molar-refractivity contribution in [3.05, 3.63) is 34.6 Å². The van der Waals surface area contributed by atoms with Crippen LogP contribution in [0.2, 0.25) is 5.02 Å². The van der Waals surface area contributed by atoms with E-state index in [-0.39, 0.29) is 6.04 Å². The summed E-state index contributed by atoms with van der Waals surface area (Å²) >= 11 is 6.13. The fraction of sp³-hybridized carbons (Fsp3) is 0.429. The first-order valence-corrected chi connectivity index (χ1v) is 7.04. The summed E-state index contributed by atoms with van der Waals surface area (Å²) in [7, 11) is 2.07. The normalized spacial score (nSPS) is 20.2. The molecule has 1 aliphatic rings. The van der Waals surface area contributed by atoms with E-state index < -0.39 is 0 Å². The number of nitrogens with one attached hydrogen (secondary N) is 1. The monoisotopic (exact) mass is 292 g/mol. The minimum atomic E-state index is 0.155. The van der Waals surface area contributed by atoms with Crippen LogP contribution in [0.1, 0.15) is 17.4 Å². The number of aromatic nitrogens is 2. The third-order valence-corrected chi connectivity index (χ3v) is 4.08. The number of aryl methyl sites for hydroxylation is 1. The second kappa shape index (κ2) is 5.52. The first kappa shape index (κ1) is 13.5. The van der Waals surface area contributed by atoms with Crippen LogP contribution < -0.4 is 5.32 Å². The second-order valence-corrected chi connectivity index (χ2v) is 5.53. The zero-order valence-corrected chi connectivity index (χ0v) is 12.3. The largest absolute Gasteiger partial charge is 0.334 e. The first-order chi connectivity index (χ1) is 9.65. The van der Waals surface area contributed by atoms with Crippen molar-refractivity contribution in [2.45, 2.75) is 13.0 Å². The van der Waals surface area contributed by atoms with Gasteiger partial charge < -0.3 is 9.84 Å². The van der Waals surface area contributed by atoms with Gasteiger partial charge in [0.25, 0.3) is 5.89 Å². The van der Waals surface area contributed by atoms with Crippen LogP contribution in [0.25, 0.3) is 11.5 Å². The molecule has 1 atom stereocenters. The van der Waals surface area contributed by atoms with Gasteiger partial charge in [-0.25, -0.2) is 0 Å². The van der Waals surface area contributed by atoms with Gasteiger partial charge in [0.1, 0.15) is 0 Å². The SMILES string of the molecule is Cc1ccc(-c2nc(C3CNCCN3C)no2)cc1Cl. The smallest absolute Gasteiger partial charge is 0.258 e. The molecule has 3 rings (SSSR count). The van der Waals surface area contributed by atoms with E-state index in [1.807, 2.05) is 25.1 Å². The molecule has 6 heteroatoms. The lowest BCUT2D eigenvalue weighted by atomic mass is 10.1. The summed E-state index contributed by atoms with van der Waals surface area (Å²) in [6.45, 7) is 4.77. The molecule has 0 spiro atoms. The number of likely N-dealkylation sites (N-methyl/N-ethyl adjacent to an activating group) is 1. The van der Waals surface area contributed by atoms with Crippen molar-refractivity contribution in [2.24, 2.45) is 0 Å². The fourth-order valence-corrected chi connectivity index (χ4v) is 2.49. The predicted molar refractivity (Wildman–Crippen MR) is 77.7 cm³/mol. The van der Waals surface area contributed by atoms with Gasteiger partial charge in [0, 0.05) is 30.2 Å². The number of nitrogens with zero attached hydrogens (tertiary/aromatic N) is 3. The van der Waals surface area contributed by atoms with Gasteiger partial charge in [0.15, 0.2) is 5.82 Å². The molecule has 106 valence electrons. The van der Waals surface area contributed by atoms with E-state index in [0.29, 0.717) is 16.7 Å². The summed E-state index contributed by atoms with van der Waals surface area (Å²) in [6.07, 6.45) is 0. The molecule has 0 radical (unpaired) electrons. The fourth-order valence-electron chi connectivity index (χ4n) is 2.31. The Balaban J connectivity index is 1.87. The highest BCUT2D eigenvalue weighted by atomic mass is 35.5. The van der Waals surface area contributed by atoms with Crippen LogP contribution in [0.4, 0.5) is 0 Å². The summed E-state index contributed by atoms with van der Waals surface area (Å²) in [5.41, 5.74) is 1.89. The van der Waals surface area contributed by atoms with Crippen molar-refractivity contribution in [3.63, 3.8) is 0 Å². The van der Waals surface area contributed by atoms with Crippen LogP contribution in [0.15, 0.2) is 22.7 Å². The highest BCUT2D eigenvalue weighted by molar-refractivity contribution is 6.31. The molecular weight excluding hydrogens is 276 g/mol. The predicted octanol–water partition coefficient (Wildman–Crippen LogP) is 2.27. The highest BCUT2D eigenvalue weighted by Gasteiger charge is 2.25. The Morgan fingerprint density at radius 3 is 3.05 bits per heavy atom. The molecule has 0 amide bonds. The van der Waals surface area contributed by atoms with E-state index in [4.69, 9.17) is 16.1 Å². The second-order valence-electron chi connectivity index (χ2n) is 5.12. The maximum atomic E-state index is 6.13. The number of hydrogen-bond donors (Lipinski definition) is 1. The van der Waals surface area contributed by atoms with Crippen molar-refractivity contribution in [2.75, 3.05) is 26.7 Å². The van der Waals surface area contributed by atoms with Crippen LogP contribution in [0.3, 0.4) is 0 Å². The Labute approximate surface area is 122 Å². The lowest BCUT2D eigenvalue weighted by Gasteiger charge is -2.30. The third-order valence-electron chi connectivity index (χ3n) is 3.67. The average molecular weight is 293 g/mol. The molecular formula is C14H17ClN4O. The van der Waals surface area contributed by atoms with Gasteiger partial charge in [-0.1, -0.05) is 22.8 Å². The van der Waals surface area contributed by atoms with Gasteiger partial charge in [0.2, 0.25) is 0 Å². The number of rotatable bonds is 2. The Kier molecular flexibility index (Phi) is 3.74. The highest BCUT2D eigenvalue weighted by Crippen LogP contribution is 2.26. The Hall–Kier alpha value is -1.43. The van der Waals surface area contributed by atoms with E-state index in [9.17, 15) is 0 Å². The summed E-state index contributed by atoms with van der Waals surface area (Å²) in [6, 6.07) is 5.91. The molecule has 20 heavy (non-hydrogen) atoms. The maximum absolute atomic E-state index is 6.13. The lowest BCUT2D eigenvalue weighted by Crippen LogP contribution is -2.44. The molecule has 2 aromatic rings. The lowest BCUT2D eigenvalue weighted by molar-refractivity contribution is 0.190. The standard InChI is InChI=1S/C14H17ClN4O/c1-9-3-4-10(7-11(9)15)14-17-13(18-20-14)12-8-16-5-6-19(12)2/h3-4,7,12,16H,5-6,8H2,1-2H3. The molecule has 1 unspecified atom stereocenters. The van der Waals surface area contributed by atoms with E-state index in [0.717, 1.165) is 30.8 Å². The van der Waals surface area contributed by atoms with Crippen molar-refractivity contribution in [3.8, 4) is 11.5 Å². The number of piperazine rings is 1. The van der Waals surface area contributed by atoms with Crippen molar-refractivity contribution < 1.29 is 4.52 Å². The number of hydrogen-bond acceptors (Lipinski definition) is 5. The molecule has 1 saturated heterocycles. The number of halogens is 1. The van der Waals surface area contributed by atoms with Crippen LogP contribution in [-0.2, 0) is 0 Å². The van der Waals surface area contributed by atoms with Crippen LogP contribution in [-0.4, -0.2) is 41.7 Å². The van der Waals surface area contributed by atoms with E-state index in [2.05, 4.69) is 27.4 Å². The zero-order chi connectivity index (χ0) is 14.1. The maximum Gasteiger partial charge on any atom is 0.258 e. The summed E-state index contributed by atoms with van der Waals surface area (Å²) in [5.74, 6) is 1.23. The molecule has 5 nitrogen and oxygen atoms in total. The molecule has 1 fully saturated rings. The van der Waals surface area contributed by atoms with Gasteiger partial charge in [0.05, 0.1) is 6.04 Å². The van der Waals surface area contributed by atoms with E-state index in [1.165, 1.54) is 0 Å². The van der Waals surface area contributed by atoms with Crippen molar-refractivity contribution in [1.29, 1.82) is 0 Å². The summed E-state index contributed by atoms with van der Waals surface area (Å²) < 4.78 is 5.37. The molecule has 2 heterocycles. The van der Waals surface area contributed by atoms with E-state index >= 15 is 0 Å². The Morgan fingerprint density at radius 2 is 2.30 bits per heavy atom. The summed E-state index contributed by atoms with van der Waals surface area (Å²) in [4.78, 5) is 6.74. The molecule has 1 N–H and O–H groups in total. The molecule has 1 aliphatic heterocycles. The van der Waals surface area contributed by atoms with Gasteiger partial charge in [-0.05, 0) is 31.7 Å². The third kappa shape index (κ3) is 2.57. The Morgan fingerprint density at radius 1 is 1.45 bits per heavy atom. The van der Waals surface area contributed by atoms with Crippen LogP contribution in [0, 0.1) is 6.92 Å². The van der Waals surface area contributed by atoms with Gasteiger partial charge >= 0.3 is 0 Å².